The van der Waals surface area contributed by atoms with Gasteiger partial charge in [-0.2, -0.15) is 0 Å². The van der Waals surface area contributed by atoms with Crippen LogP contribution in [0.25, 0.3) is 0 Å². The molecule has 1 saturated carbocycles. The van der Waals surface area contributed by atoms with Gasteiger partial charge in [0.2, 0.25) is 0 Å². The molecule has 4 heteroatoms. The van der Waals surface area contributed by atoms with E-state index in [-0.39, 0.29) is 0 Å². The monoisotopic (exact) mass is 245 g/mol. The third kappa shape index (κ3) is 2.77. The molecule has 0 bridgehead atoms. The Balaban J connectivity index is 1.98. The molecule has 15 heavy (non-hydrogen) atoms. The fraction of sp³-hybridized carbons (Fsp3) is 0.455. The summed E-state index contributed by atoms with van der Waals surface area (Å²) < 4.78 is 0. The molecule has 0 unspecified atom stereocenters. The molecule has 1 fully saturated rings. The van der Waals surface area contributed by atoms with Crippen LogP contribution in [-0.2, 0) is 0 Å². The van der Waals surface area contributed by atoms with E-state index in [4.69, 9.17) is 23.2 Å². The van der Waals surface area contributed by atoms with Crippen LogP contribution in [0, 0.1) is 0 Å². The highest BCUT2D eigenvalue weighted by Gasteiger charge is 2.33. The molecule has 1 aliphatic rings. The summed E-state index contributed by atoms with van der Waals surface area (Å²) in [6, 6.07) is 5.29. The molecule has 0 radical (unpaired) electrons. The lowest BCUT2D eigenvalue weighted by Gasteiger charge is -2.36. The van der Waals surface area contributed by atoms with E-state index in [1.807, 2.05) is 0 Å². The van der Waals surface area contributed by atoms with Gasteiger partial charge in [0.1, 0.15) is 0 Å². The maximum absolute atomic E-state index is 9.88. The molecule has 0 atom stereocenters. The van der Waals surface area contributed by atoms with E-state index in [1.165, 1.54) is 0 Å². The summed E-state index contributed by atoms with van der Waals surface area (Å²) in [5, 5.41) is 14.2. The minimum atomic E-state index is -0.533. The number of rotatable bonds is 3. The molecule has 0 amide bonds. The fourth-order valence-corrected chi connectivity index (χ4v) is 2.21. The first-order chi connectivity index (χ1) is 7.07. The Hall–Kier alpha value is -0.440. The Labute approximate surface area is 99.2 Å². The highest BCUT2D eigenvalue weighted by atomic mass is 35.5. The molecular weight excluding hydrogens is 233 g/mol. The Morgan fingerprint density at radius 2 is 1.80 bits per heavy atom. The summed E-state index contributed by atoms with van der Waals surface area (Å²) in [4.78, 5) is 0. The molecule has 2 rings (SSSR count). The Bertz CT molecular complexity index is 343. The Morgan fingerprint density at radius 3 is 2.27 bits per heavy atom. The van der Waals surface area contributed by atoms with Crippen molar-refractivity contribution < 1.29 is 5.11 Å². The van der Waals surface area contributed by atoms with Crippen LogP contribution in [0.4, 0.5) is 5.69 Å². The minimum Gasteiger partial charge on any atom is -0.388 e. The molecule has 2 N–H and O–H groups in total. The third-order valence-corrected chi connectivity index (χ3v) is 3.20. The van der Waals surface area contributed by atoms with Crippen molar-refractivity contribution in [2.45, 2.75) is 24.9 Å². The minimum absolute atomic E-state index is 0.533. The molecule has 1 aromatic rings. The summed E-state index contributed by atoms with van der Waals surface area (Å²) >= 11 is 11.7. The van der Waals surface area contributed by atoms with E-state index in [1.54, 1.807) is 18.2 Å². The molecule has 2 nitrogen and oxygen atoms in total. The quantitative estimate of drug-likeness (QED) is 0.857. The van der Waals surface area contributed by atoms with E-state index >= 15 is 0 Å². The van der Waals surface area contributed by atoms with E-state index in [2.05, 4.69) is 5.32 Å². The maximum Gasteiger partial charge on any atom is 0.0819 e. The normalized spacial score (nSPS) is 18.3. The Morgan fingerprint density at radius 1 is 1.20 bits per heavy atom. The van der Waals surface area contributed by atoms with Crippen molar-refractivity contribution in [3.63, 3.8) is 0 Å². The lowest BCUT2D eigenvalue weighted by atomic mass is 9.80. The van der Waals surface area contributed by atoms with Gasteiger partial charge in [0, 0.05) is 22.3 Å². The largest absolute Gasteiger partial charge is 0.388 e. The van der Waals surface area contributed by atoms with Gasteiger partial charge < -0.3 is 10.4 Å². The average molecular weight is 246 g/mol. The number of hydrogen-bond acceptors (Lipinski definition) is 2. The number of benzene rings is 1. The molecule has 1 aromatic carbocycles. The van der Waals surface area contributed by atoms with Gasteiger partial charge in [-0.3, -0.25) is 0 Å². The van der Waals surface area contributed by atoms with Crippen LogP contribution in [0.5, 0.6) is 0 Å². The molecule has 82 valence electrons. The van der Waals surface area contributed by atoms with Gasteiger partial charge in [0.25, 0.3) is 0 Å². The average Bonchev–Trinajstić information content (AvgIpc) is 2.10. The molecule has 0 saturated heterocycles. The fourth-order valence-electron chi connectivity index (χ4n) is 1.68. The van der Waals surface area contributed by atoms with Crippen molar-refractivity contribution in [1.82, 2.24) is 0 Å². The van der Waals surface area contributed by atoms with Gasteiger partial charge in [-0.15, -0.1) is 0 Å². The summed E-state index contributed by atoms with van der Waals surface area (Å²) in [6.45, 7) is 0.559. The van der Waals surface area contributed by atoms with Crippen LogP contribution >= 0.6 is 23.2 Å². The SMILES string of the molecule is OC1(CNc2cc(Cl)cc(Cl)c2)CCC1. The second kappa shape index (κ2) is 4.20. The van der Waals surface area contributed by atoms with E-state index in [0.717, 1.165) is 24.9 Å². The van der Waals surface area contributed by atoms with Crippen molar-refractivity contribution in [2.75, 3.05) is 11.9 Å². The number of hydrogen-bond donors (Lipinski definition) is 2. The standard InChI is InChI=1S/C11H13Cl2NO/c12-8-4-9(13)6-10(5-8)14-7-11(15)2-1-3-11/h4-6,14-15H,1-3,7H2. The Kier molecular flexibility index (Phi) is 3.10. The topological polar surface area (TPSA) is 32.3 Å². The predicted octanol–water partition coefficient (Wildman–Crippen LogP) is 3.32. The van der Waals surface area contributed by atoms with Gasteiger partial charge in [-0.25, -0.2) is 0 Å². The van der Waals surface area contributed by atoms with Crippen molar-refractivity contribution in [3.8, 4) is 0 Å². The summed E-state index contributed by atoms with van der Waals surface area (Å²) in [5.41, 5.74) is 0.322. The van der Waals surface area contributed by atoms with Gasteiger partial charge in [0.05, 0.1) is 5.60 Å². The molecule has 0 heterocycles. The number of halogens is 2. The molecule has 0 spiro atoms. The van der Waals surface area contributed by atoms with Crippen molar-refractivity contribution >= 4 is 28.9 Å². The molecular formula is C11H13Cl2NO. The zero-order chi connectivity index (χ0) is 10.9. The first kappa shape index (κ1) is 11.1. The van der Waals surface area contributed by atoms with Crippen molar-refractivity contribution in [2.24, 2.45) is 0 Å². The molecule has 0 aliphatic heterocycles. The predicted molar refractivity (Wildman–Crippen MR) is 63.8 cm³/mol. The van der Waals surface area contributed by atoms with Crippen LogP contribution in [0.15, 0.2) is 18.2 Å². The van der Waals surface area contributed by atoms with Crippen LogP contribution in [-0.4, -0.2) is 17.3 Å². The van der Waals surface area contributed by atoms with Crippen LogP contribution < -0.4 is 5.32 Å². The van der Waals surface area contributed by atoms with Crippen molar-refractivity contribution in [3.05, 3.63) is 28.2 Å². The van der Waals surface area contributed by atoms with Gasteiger partial charge >= 0.3 is 0 Å². The van der Waals surface area contributed by atoms with E-state index < -0.39 is 5.60 Å². The summed E-state index contributed by atoms with van der Waals surface area (Å²) in [5.74, 6) is 0. The van der Waals surface area contributed by atoms with Gasteiger partial charge in [0.15, 0.2) is 0 Å². The van der Waals surface area contributed by atoms with Crippen LogP contribution in [0.1, 0.15) is 19.3 Å². The number of nitrogens with one attached hydrogen (secondary N) is 1. The first-order valence-electron chi connectivity index (χ1n) is 5.00. The zero-order valence-corrected chi connectivity index (χ0v) is 9.78. The smallest absolute Gasteiger partial charge is 0.0819 e. The second-order valence-electron chi connectivity index (χ2n) is 4.09. The lowest BCUT2D eigenvalue weighted by molar-refractivity contribution is -0.0201. The van der Waals surface area contributed by atoms with E-state index in [0.29, 0.717) is 16.6 Å². The molecule has 1 aliphatic carbocycles. The lowest BCUT2D eigenvalue weighted by Crippen LogP contribution is -2.43. The summed E-state index contributed by atoms with van der Waals surface area (Å²) in [6.07, 6.45) is 2.84. The van der Waals surface area contributed by atoms with Crippen molar-refractivity contribution in [1.29, 1.82) is 0 Å². The third-order valence-electron chi connectivity index (χ3n) is 2.77. The highest BCUT2D eigenvalue weighted by molar-refractivity contribution is 6.35. The zero-order valence-electron chi connectivity index (χ0n) is 8.26. The first-order valence-corrected chi connectivity index (χ1v) is 5.75. The van der Waals surface area contributed by atoms with Crippen LogP contribution in [0.2, 0.25) is 10.0 Å². The maximum atomic E-state index is 9.88. The van der Waals surface area contributed by atoms with Gasteiger partial charge in [-0.05, 0) is 37.5 Å². The van der Waals surface area contributed by atoms with Crippen LogP contribution in [0.3, 0.4) is 0 Å². The van der Waals surface area contributed by atoms with Gasteiger partial charge in [-0.1, -0.05) is 23.2 Å². The second-order valence-corrected chi connectivity index (χ2v) is 4.96. The van der Waals surface area contributed by atoms with E-state index in [9.17, 15) is 5.11 Å². The highest BCUT2D eigenvalue weighted by Crippen LogP contribution is 2.32. The number of aliphatic hydroxyl groups is 1. The summed E-state index contributed by atoms with van der Waals surface area (Å²) in [7, 11) is 0. The molecule has 0 aromatic heterocycles. The number of anilines is 1.